The Morgan fingerprint density at radius 3 is 2.67 bits per heavy atom. The van der Waals surface area contributed by atoms with E-state index in [-0.39, 0.29) is 0 Å². The third kappa shape index (κ3) is 3.01. The quantitative estimate of drug-likeness (QED) is 0.761. The summed E-state index contributed by atoms with van der Waals surface area (Å²) in [5, 5.41) is 4.21. The van der Waals surface area contributed by atoms with Gasteiger partial charge in [-0.15, -0.1) is 11.8 Å². The fourth-order valence-electron chi connectivity index (χ4n) is 0.893. The molecule has 1 rings (SSSR count). The Balaban J connectivity index is 2.47. The fourth-order valence-corrected chi connectivity index (χ4v) is 1.43. The lowest BCUT2D eigenvalue weighted by Crippen LogP contribution is -1.93. The Morgan fingerprint density at radius 1 is 1.42 bits per heavy atom. The zero-order valence-corrected chi connectivity index (χ0v) is 8.03. The molecule has 0 spiro atoms. The van der Waals surface area contributed by atoms with Crippen LogP contribution in [-0.2, 0) is 0 Å². The van der Waals surface area contributed by atoms with Crippen molar-refractivity contribution in [1.29, 1.82) is 0 Å². The molecule has 0 aromatic heterocycles. The molecule has 1 N–H and O–H groups in total. The molecular weight excluding hydrogens is 166 g/mol. The Labute approximate surface area is 77.9 Å². The molecule has 64 valence electrons. The number of benzene rings is 1. The van der Waals surface area contributed by atoms with Crippen molar-refractivity contribution in [1.82, 2.24) is 0 Å². The van der Waals surface area contributed by atoms with Crippen LogP contribution in [-0.4, -0.2) is 5.75 Å². The standard InChI is InChI=1S/C10H13NS/c1-3-12-9(2)11-10-7-5-4-6-8-10/h4-8,11H,2-3H2,1H3. The van der Waals surface area contributed by atoms with Gasteiger partial charge in [0.2, 0.25) is 0 Å². The molecule has 0 atom stereocenters. The predicted molar refractivity (Wildman–Crippen MR) is 57.3 cm³/mol. The van der Waals surface area contributed by atoms with Gasteiger partial charge in [-0.05, 0) is 17.9 Å². The number of hydrogen-bond acceptors (Lipinski definition) is 2. The molecule has 0 saturated carbocycles. The van der Waals surface area contributed by atoms with Gasteiger partial charge in [-0.1, -0.05) is 31.7 Å². The number of para-hydroxylation sites is 1. The molecule has 1 aromatic carbocycles. The highest BCUT2D eigenvalue weighted by Gasteiger charge is 1.92. The Hall–Kier alpha value is -0.890. The zero-order valence-electron chi connectivity index (χ0n) is 7.21. The van der Waals surface area contributed by atoms with Gasteiger partial charge < -0.3 is 5.32 Å². The Kier molecular flexibility index (Phi) is 3.74. The van der Waals surface area contributed by atoms with Crippen LogP contribution in [0.25, 0.3) is 0 Å². The smallest absolute Gasteiger partial charge is 0.0652 e. The van der Waals surface area contributed by atoms with Crippen LogP contribution in [0.2, 0.25) is 0 Å². The largest absolute Gasteiger partial charge is 0.351 e. The molecule has 0 aliphatic carbocycles. The molecule has 0 unspecified atom stereocenters. The second kappa shape index (κ2) is 4.88. The van der Waals surface area contributed by atoms with Crippen molar-refractivity contribution in [3.05, 3.63) is 41.9 Å². The first-order valence-corrected chi connectivity index (χ1v) is 4.95. The van der Waals surface area contributed by atoms with E-state index >= 15 is 0 Å². The molecule has 0 aliphatic rings. The summed E-state index contributed by atoms with van der Waals surface area (Å²) >= 11 is 1.72. The van der Waals surface area contributed by atoms with E-state index in [0.29, 0.717) is 0 Å². The van der Waals surface area contributed by atoms with Crippen molar-refractivity contribution in [2.75, 3.05) is 11.1 Å². The average Bonchev–Trinajstić information content (AvgIpc) is 2.06. The summed E-state index contributed by atoms with van der Waals surface area (Å²) in [5.74, 6) is 1.05. The van der Waals surface area contributed by atoms with Crippen molar-refractivity contribution >= 4 is 17.4 Å². The monoisotopic (exact) mass is 179 g/mol. The van der Waals surface area contributed by atoms with Gasteiger partial charge in [0.25, 0.3) is 0 Å². The van der Waals surface area contributed by atoms with Gasteiger partial charge in [-0.2, -0.15) is 0 Å². The zero-order chi connectivity index (χ0) is 8.81. The number of hydrogen-bond donors (Lipinski definition) is 1. The molecule has 0 aliphatic heterocycles. The maximum atomic E-state index is 3.89. The van der Waals surface area contributed by atoms with Crippen LogP contribution >= 0.6 is 11.8 Å². The van der Waals surface area contributed by atoms with Gasteiger partial charge in [0.05, 0.1) is 5.03 Å². The van der Waals surface area contributed by atoms with Crippen molar-refractivity contribution in [2.45, 2.75) is 6.92 Å². The van der Waals surface area contributed by atoms with Crippen molar-refractivity contribution < 1.29 is 0 Å². The summed E-state index contributed by atoms with van der Waals surface area (Å²) in [4.78, 5) is 0. The molecule has 0 saturated heterocycles. The van der Waals surface area contributed by atoms with E-state index in [1.165, 1.54) is 0 Å². The first-order valence-electron chi connectivity index (χ1n) is 3.96. The summed E-state index contributed by atoms with van der Waals surface area (Å²) in [6.45, 7) is 6.01. The van der Waals surface area contributed by atoms with Gasteiger partial charge in [0.1, 0.15) is 0 Å². The van der Waals surface area contributed by atoms with E-state index in [9.17, 15) is 0 Å². The molecule has 1 aromatic rings. The number of nitrogens with one attached hydrogen (secondary N) is 1. The average molecular weight is 179 g/mol. The van der Waals surface area contributed by atoms with Crippen molar-refractivity contribution in [2.24, 2.45) is 0 Å². The summed E-state index contributed by atoms with van der Waals surface area (Å²) in [7, 11) is 0. The Morgan fingerprint density at radius 2 is 2.08 bits per heavy atom. The second-order valence-electron chi connectivity index (χ2n) is 2.35. The van der Waals surface area contributed by atoms with E-state index < -0.39 is 0 Å². The summed E-state index contributed by atoms with van der Waals surface area (Å²) < 4.78 is 0. The summed E-state index contributed by atoms with van der Waals surface area (Å²) in [6.07, 6.45) is 0. The van der Waals surface area contributed by atoms with Crippen LogP contribution in [0.1, 0.15) is 6.92 Å². The van der Waals surface area contributed by atoms with Crippen LogP contribution in [0.15, 0.2) is 41.9 Å². The minimum Gasteiger partial charge on any atom is -0.351 e. The van der Waals surface area contributed by atoms with Crippen LogP contribution in [0.5, 0.6) is 0 Å². The van der Waals surface area contributed by atoms with E-state index in [1.807, 2.05) is 30.3 Å². The topological polar surface area (TPSA) is 12.0 Å². The minimum atomic E-state index is 1.00. The van der Waals surface area contributed by atoms with Gasteiger partial charge in [0.15, 0.2) is 0 Å². The third-order valence-electron chi connectivity index (χ3n) is 1.38. The number of thioether (sulfide) groups is 1. The molecule has 0 amide bonds. The second-order valence-corrected chi connectivity index (χ2v) is 3.71. The van der Waals surface area contributed by atoms with Gasteiger partial charge in [-0.25, -0.2) is 0 Å². The highest BCUT2D eigenvalue weighted by Crippen LogP contribution is 2.16. The predicted octanol–water partition coefficient (Wildman–Crippen LogP) is 3.32. The normalized spacial score (nSPS) is 9.42. The SMILES string of the molecule is C=C(Nc1ccccc1)SCC. The maximum absolute atomic E-state index is 3.89. The van der Waals surface area contributed by atoms with Gasteiger partial charge in [0, 0.05) is 5.69 Å². The van der Waals surface area contributed by atoms with Crippen molar-refractivity contribution in [3.63, 3.8) is 0 Å². The van der Waals surface area contributed by atoms with Gasteiger partial charge in [-0.3, -0.25) is 0 Å². The van der Waals surface area contributed by atoms with Crippen LogP contribution in [0.4, 0.5) is 5.69 Å². The molecule has 0 bridgehead atoms. The fraction of sp³-hybridized carbons (Fsp3) is 0.200. The lowest BCUT2D eigenvalue weighted by Gasteiger charge is -2.06. The molecule has 12 heavy (non-hydrogen) atoms. The van der Waals surface area contributed by atoms with Crippen LogP contribution in [0, 0.1) is 0 Å². The summed E-state index contributed by atoms with van der Waals surface area (Å²) in [5.41, 5.74) is 1.10. The Bertz CT molecular complexity index is 243. The first kappa shape index (κ1) is 9.20. The minimum absolute atomic E-state index is 1.00. The van der Waals surface area contributed by atoms with E-state index in [2.05, 4.69) is 18.8 Å². The maximum Gasteiger partial charge on any atom is 0.0652 e. The number of anilines is 1. The van der Waals surface area contributed by atoms with E-state index in [4.69, 9.17) is 0 Å². The van der Waals surface area contributed by atoms with E-state index in [0.717, 1.165) is 16.5 Å². The molecule has 1 nitrogen and oxygen atoms in total. The molecule has 0 fully saturated rings. The number of rotatable bonds is 4. The molecule has 2 heteroatoms. The van der Waals surface area contributed by atoms with E-state index in [1.54, 1.807) is 11.8 Å². The van der Waals surface area contributed by atoms with Crippen molar-refractivity contribution in [3.8, 4) is 0 Å². The van der Waals surface area contributed by atoms with Gasteiger partial charge >= 0.3 is 0 Å². The lowest BCUT2D eigenvalue weighted by atomic mass is 10.3. The third-order valence-corrected chi connectivity index (χ3v) is 2.12. The molecule has 0 heterocycles. The van der Waals surface area contributed by atoms with Crippen LogP contribution < -0.4 is 5.32 Å². The van der Waals surface area contributed by atoms with Crippen LogP contribution in [0.3, 0.4) is 0 Å². The highest BCUT2D eigenvalue weighted by atomic mass is 32.2. The summed E-state index contributed by atoms with van der Waals surface area (Å²) in [6, 6.07) is 10.1. The highest BCUT2D eigenvalue weighted by molar-refractivity contribution is 8.03. The first-order chi connectivity index (χ1) is 5.83. The lowest BCUT2D eigenvalue weighted by molar-refractivity contribution is 1.51. The molecular formula is C10H13NS. The molecule has 0 radical (unpaired) electrons.